The smallest absolute Gasteiger partial charge is 0.0760 e. The molecule has 2 aromatic rings. The van der Waals surface area contributed by atoms with E-state index in [0.29, 0.717) is 5.02 Å². The SMILES string of the molecule is Cc1ccc(CC(N)c2ncccc2Cl)cc1C. The van der Waals surface area contributed by atoms with Gasteiger partial charge in [0.25, 0.3) is 0 Å². The van der Waals surface area contributed by atoms with Crippen LogP contribution in [0.1, 0.15) is 28.4 Å². The molecule has 0 saturated heterocycles. The van der Waals surface area contributed by atoms with Gasteiger partial charge in [0.05, 0.1) is 16.8 Å². The zero-order chi connectivity index (χ0) is 13.1. The van der Waals surface area contributed by atoms with Gasteiger partial charge in [0, 0.05) is 6.20 Å². The molecule has 0 aliphatic carbocycles. The zero-order valence-corrected chi connectivity index (χ0v) is 11.4. The van der Waals surface area contributed by atoms with Crippen LogP contribution >= 0.6 is 11.6 Å². The molecule has 0 bridgehead atoms. The minimum atomic E-state index is -0.166. The van der Waals surface area contributed by atoms with Gasteiger partial charge in [-0.25, -0.2) is 0 Å². The highest BCUT2D eigenvalue weighted by Crippen LogP contribution is 2.22. The molecule has 1 aromatic carbocycles. The van der Waals surface area contributed by atoms with Crippen molar-refractivity contribution in [3.63, 3.8) is 0 Å². The molecular formula is C15H17ClN2. The Kier molecular flexibility index (Phi) is 4.00. The summed E-state index contributed by atoms with van der Waals surface area (Å²) in [6.45, 7) is 4.22. The van der Waals surface area contributed by atoms with Crippen LogP contribution in [0.15, 0.2) is 36.5 Å². The Morgan fingerprint density at radius 3 is 2.67 bits per heavy atom. The Balaban J connectivity index is 2.19. The van der Waals surface area contributed by atoms with Crippen LogP contribution in [0.25, 0.3) is 0 Å². The van der Waals surface area contributed by atoms with E-state index in [1.54, 1.807) is 6.20 Å². The standard InChI is InChI=1S/C15H17ClN2/c1-10-5-6-12(8-11(10)2)9-14(17)15-13(16)4-3-7-18-15/h3-8,14H,9,17H2,1-2H3. The molecule has 0 aliphatic heterocycles. The monoisotopic (exact) mass is 260 g/mol. The van der Waals surface area contributed by atoms with Crippen LogP contribution in [0.3, 0.4) is 0 Å². The highest BCUT2D eigenvalue weighted by Gasteiger charge is 2.12. The van der Waals surface area contributed by atoms with Crippen molar-refractivity contribution in [2.24, 2.45) is 5.73 Å². The lowest BCUT2D eigenvalue weighted by molar-refractivity contribution is 0.696. The lowest BCUT2D eigenvalue weighted by Crippen LogP contribution is -2.15. The molecule has 1 heterocycles. The second-order valence-electron chi connectivity index (χ2n) is 4.60. The molecule has 0 radical (unpaired) electrons. The van der Waals surface area contributed by atoms with E-state index in [1.807, 2.05) is 12.1 Å². The largest absolute Gasteiger partial charge is 0.322 e. The summed E-state index contributed by atoms with van der Waals surface area (Å²) in [6.07, 6.45) is 2.47. The van der Waals surface area contributed by atoms with Crippen molar-refractivity contribution >= 4 is 11.6 Å². The first-order valence-corrected chi connectivity index (χ1v) is 6.38. The molecule has 18 heavy (non-hydrogen) atoms. The van der Waals surface area contributed by atoms with Gasteiger partial charge in [-0.15, -0.1) is 0 Å². The van der Waals surface area contributed by atoms with E-state index in [0.717, 1.165) is 12.1 Å². The van der Waals surface area contributed by atoms with E-state index in [4.69, 9.17) is 17.3 Å². The van der Waals surface area contributed by atoms with E-state index >= 15 is 0 Å². The highest BCUT2D eigenvalue weighted by molar-refractivity contribution is 6.31. The predicted octanol–water partition coefficient (Wildman–Crippen LogP) is 3.59. The zero-order valence-electron chi connectivity index (χ0n) is 10.7. The van der Waals surface area contributed by atoms with Crippen molar-refractivity contribution in [1.29, 1.82) is 0 Å². The number of aryl methyl sites for hydroxylation is 2. The van der Waals surface area contributed by atoms with Crippen LogP contribution < -0.4 is 5.73 Å². The lowest BCUT2D eigenvalue weighted by Gasteiger charge is -2.13. The van der Waals surface area contributed by atoms with Gasteiger partial charge in [-0.05, 0) is 49.1 Å². The van der Waals surface area contributed by atoms with Crippen molar-refractivity contribution in [2.75, 3.05) is 0 Å². The van der Waals surface area contributed by atoms with Crippen LogP contribution in [0.2, 0.25) is 5.02 Å². The van der Waals surface area contributed by atoms with Crippen LogP contribution in [-0.4, -0.2) is 4.98 Å². The summed E-state index contributed by atoms with van der Waals surface area (Å²) in [7, 11) is 0. The molecule has 2 rings (SSSR count). The van der Waals surface area contributed by atoms with Crippen LogP contribution in [0.5, 0.6) is 0 Å². The third-order valence-corrected chi connectivity index (χ3v) is 3.48. The van der Waals surface area contributed by atoms with Crippen molar-refractivity contribution in [3.8, 4) is 0 Å². The quantitative estimate of drug-likeness (QED) is 0.916. The van der Waals surface area contributed by atoms with Gasteiger partial charge in [0.1, 0.15) is 0 Å². The molecule has 1 atom stereocenters. The summed E-state index contributed by atoms with van der Waals surface area (Å²) in [4.78, 5) is 4.26. The molecule has 2 nitrogen and oxygen atoms in total. The average Bonchev–Trinajstić information content (AvgIpc) is 2.34. The molecule has 0 saturated carbocycles. The van der Waals surface area contributed by atoms with E-state index < -0.39 is 0 Å². The second kappa shape index (κ2) is 5.51. The number of rotatable bonds is 3. The van der Waals surface area contributed by atoms with Gasteiger partial charge in [-0.2, -0.15) is 0 Å². The van der Waals surface area contributed by atoms with Crippen molar-refractivity contribution in [2.45, 2.75) is 26.3 Å². The highest BCUT2D eigenvalue weighted by atomic mass is 35.5. The number of pyridine rings is 1. The number of benzene rings is 1. The van der Waals surface area contributed by atoms with Gasteiger partial charge < -0.3 is 5.73 Å². The summed E-state index contributed by atoms with van der Waals surface area (Å²) < 4.78 is 0. The number of nitrogens with zero attached hydrogens (tertiary/aromatic N) is 1. The number of halogens is 1. The van der Waals surface area contributed by atoms with Gasteiger partial charge >= 0.3 is 0 Å². The van der Waals surface area contributed by atoms with E-state index in [2.05, 4.69) is 37.0 Å². The van der Waals surface area contributed by atoms with Crippen LogP contribution in [-0.2, 0) is 6.42 Å². The topological polar surface area (TPSA) is 38.9 Å². The summed E-state index contributed by atoms with van der Waals surface area (Å²) >= 11 is 6.10. The normalized spacial score (nSPS) is 12.4. The fourth-order valence-electron chi connectivity index (χ4n) is 1.95. The third-order valence-electron chi connectivity index (χ3n) is 3.17. The van der Waals surface area contributed by atoms with Gasteiger partial charge in [0.15, 0.2) is 0 Å². The summed E-state index contributed by atoms with van der Waals surface area (Å²) in [5.41, 5.74) is 10.7. The van der Waals surface area contributed by atoms with Crippen molar-refractivity contribution in [1.82, 2.24) is 4.98 Å². The first kappa shape index (κ1) is 13.1. The third kappa shape index (κ3) is 2.89. The first-order chi connectivity index (χ1) is 8.58. The van der Waals surface area contributed by atoms with Gasteiger partial charge in [0.2, 0.25) is 0 Å². The Morgan fingerprint density at radius 1 is 1.22 bits per heavy atom. The maximum absolute atomic E-state index is 6.17. The fourth-order valence-corrected chi connectivity index (χ4v) is 2.21. The maximum Gasteiger partial charge on any atom is 0.0760 e. The number of hydrogen-bond donors (Lipinski definition) is 1. The van der Waals surface area contributed by atoms with Crippen LogP contribution in [0.4, 0.5) is 0 Å². The molecule has 2 N–H and O–H groups in total. The fraction of sp³-hybridized carbons (Fsp3) is 0.267. The van der Waals surface area contributed by atoms with Crippen LogP contribution in [0, 0.1) is 13.8 Å². The van der Waals surface area contributed by atoms with Crippen molar-refractivity contribution < 1.29 is 0 Å². The number of hydrogen-bond acceptors (Lipinski definition) is 2. The molecule has 0 fully saturated rings. The average molecular weight is 261 g/mol. The molecule has 0 aliphatic rings. The molecule has 1 aromatic heterocycles. The Morgan fingerprint density at radius 2 is 2.00 bits per heavy atom. The number of aromatic nitrogens is 1. The van der Waals surface area contributed by atoms with Crippen molar-refractivity contribution in [3.05, 3.63) is 63.9 Å². The Bertz CT molecular complexity index is 552. The minimum absolute atomic E-state index is 0.166. The first-order valence-electron chi connectivity index (χ1n) is 6.00. The Hall–Kier alpha value is -1.38. The van der Waals surface area contributed by atoms with E-state index in [-0.39, 0.29) is 6.04 Å². The van der Waals surface area contributed by atoms with Gasteiger partial charge in [-0.1, -0.05) is 29.8 Å². The molecule has 0 spiro atoms. The molecule has 3 heteroatoms. The summed E-state index contributed by atoms with van der Waals surface area (Å²) in [5, 5.41) is 0.633. The lowest BCUT2D eigenvalue weighted by atomic mass is 9.99. The molecule has 1 unspecified atom stereocenters. The van der Waals surface area contributed by atoms with Gasteiger partial charge in [-0.3, -0.25) is 4.98 Å². The van der Waals surface area contributed by atoms with E-state index in [1.165, 1.54) is 16.7 Å². The molecule has 94 valence electrons. The summed E-state index contributed by atoms with van der Waals surface area (Å²) in [5.74, 6) is 0. The minimum Gasteiger partial charge on any atom is -0.322 e. The Labute approximate surface area is 113 Å². The predicted molar refractivity (Wildman–Crippen MR) is 75.8 cm³/mol. The second-order valence-corrected chi connectivity index (χ2v) is 5.01. The maximum atomic E-state index is 6.17. The van der Waals surface area contributed by atoms with E-state index in [9.17, 15) is 0 Å². The molecule has 0 amide bonds. The molecular weight excluding hydrogens is 244 g/mol. The summed E-state index contributed by atoms with van der Waals surface area (Å²) in [6, 6.07) is 9.88. The number of nitrogens with two attached hydrogens (primary N) is 1.